The Labute approximate surface area is 135 Å². The lowest BCUT2D eigenvalue weighted by atomic mass is 10.0. The van der Waals surface area contributed by atoms with Crippen LogP contribution in [0.1, 0.15) is 47.0 Å². The van der Waals surface area contributed by atoms with Gasteiger partial charge in [-0.15, -0.1) is 0 Å². The van der Waals surface area contributed by atoms with Crippen molar-refractivity contribution in [2.45, 2.75) is 38.0 Å². The van der Waals surface area contributed by atoms with Crippen LogP contribution < -0.4 is 5.73 Å². The molecule has 3 rings (SSSR count). The van der Waals surface area contributed by atoms with Crippen LogP contribution in [0.4, 0.5) is 0 Å². The van der Waals surface area contributed by atoms with Crippen molar-refractivity contribution in [3.63, 3.8) is 0 Å². The zero-order valence-corrected chi connectivity index (χ0v) is 13.0. The highest BCUT2D eigenvalue weighted by Gasteiger charge is 2.28. The second kappa shape index (κ2) is 6.98. The molecule has 2 unspecified atom stereocenters. The molecule has 2 heterocycles. The van der Waals surface area contributed by atoms with E-state index in [4.69, 9.17) is 10.2 Å². The first kappa shape index (κ1) is 15.8. The third-order valence-corrected chi connectivity index (χ3v) is 4.46. The molecule has 1 aliphatic rings. The minimum Gasteiger partial charge on any atom is -0.467 e. The highest BCUT2D eigenvalue weighted by Crippen LogP contribution is 2.28. The van der Waals surface area contributed by atoms with Crippen LogP contribution in [0.5, 0.6) is 0 Å². The van der Waals surface area contributed by atoms with E-state index in [1.807, 2.05) is 18.2 Å². The summed E-state index contributed by atoms with van der Waals surface area (Å²) in [6, 6.07) is 11.4. The predicted octanol–water partition coefficient (Wildman–Crippen LogP) is 2.47. The predicted molar refractivity (Wildman–Crippen MR) is 86.7 cm³/mol. The number of aliphatic hydroxyl groups is 1. The number of aliphatic hydroxyl groups excluding tert-OH is 1. The molecular weight excluding hydrogens is 292 g/mol. The maximum atomic E-state index is 11.3. The third kappa shape index (κ3) is 3.81. The number of likely N-dealkylation sites (tertiary alicyclic amines) is 1. The summed E-state index contributed by atoms with van der Waals surface area (Å²) < 4.78 is 5.28. The van der Waals surface area contributed by atoms with Crippen LogP contribution in [0.3, 0.4) is 0 Å². The van der Waals surface area contributed by atoms with Crippen molar-refractivity contribution >= 4 is 5.91 Å². The summed E-state index contributed by atoms with van der Waals surface area (Å²) >= 11 is 0. The van der Waals surface area contributed by atoms with Crippen molar-refractivity contribution in [3.8, 4) is 0 Å². The van der Waals surface area contributed by atoms with Crippen LogP contribution in [0, 0.1) is 0 Å². The van der Waals surface area contributed by atoms with Crippen LogP contribution in [0.2, 0.25) is 0 Å². The lowest BCUT2D eigenvalue weighted by molar-refractivity contribution is 0.0994. The van der Waals surface area contributed by atoms with Crippen molar-refractivity contribution in [1.82, 2.24) is 4.90 Å². The van der Waals surface area contributed by atoms with Crippen LogP contribution in [-0.2, 0) is 6.54 Å². The van der Waals surface area contributed by atoms with Crippen molar-refractivity contribution in [2.24, 2.45) is 5.73 Å². The molecule has 0 spiro atoms. The quantitative estimate of drug-likeness (QED) is 0.858. The van der Waals surface area contributed by atoms with E-state index in [-0.39, 0.29) is 0 Å². The van der Waals surface area contributed by atoms with Crippen LogP contribution in [0.25, 0.3) is 0 Å². The second-order valence-electron chi connectivity index (χ2n) is 6.10. The first-order chi connectivity index (χ1) is 11.1. The molecule has 5 heteroatoms. The topological polar surface area (TPSA) is 79.7 Å². The maximum absolute atomic E-state index is 11.3. The normalized spacial score (nSPS) is 19.8. The summed E-state index contributed by atoms with van der Waals surface area (Å²) in [6.07, 6.45) is 3.84. The Bertz CT molecular complexity index is 654. The molecule has 0 aliphatic carbocycles. The van der Waals surface area contributed by atoms with Gasteiger partial charge in [0.05, 0.1) is 6.26 Å². The average Bonchev–Trinajstić information content (AvgIpc) is 3.20. The van der Waals surface area contributed by atoms with E-state index < -0.39 is 12.0 Å². The Balaban J connectivity index is 1.65. The van der Waals surface area contributed by atoms with E-state index >= 15 is 0 Å². The van der Waals surface area contributed by atoms with E-state index in [0.717, 1.165) is 31.5 Å². The highest BCUT2D eigenvalue weighted by molar-refractivity contribution is 5.92. The zero-order valence-electron chi connectivity index (χ0n) is 13.0. The van der Waals surface area contributed by atoms with Gasteiger partial charge in [0.15, 0.2) is 0 Å². The van der Waals surface area contributed by atoms with Crippen LogP contribution >= 0.6 is 0 Å². The molecule has 0 bridgehead atoms. The Kier molecular flexibility index (Phi) is 4.79. The fraction of sp³-hybridized carbons (Fsp3) is 0.389. The van der Waals surface area contributed by atoms with E-state index in [1.54, 1.807) is 24.5 Å². The number of furan rings is 1. The number of hydrogen-bond donors (Lipinski definition) is 2. The molecule has 0 radical (unpaired) electrons. The average molecular weight is 314 g/mol. The Morgan fingerprint density at radius 1 is 1.39 bits per heavy atom. The molecule has 2 aromatic rings. The number of primary amides is 1. The molecule has 3 N–H and O–H groups in total. The number of nitrogens with two attached hydrogens (primary N) is 1. The molecule has 1 aliphatic heterocycles. The summed E-state index contributed by atoms with van der Waals surface area (Å²) in [5, 5.41) is 10.3. The molecule has 1 saturated heterocycles. The SMILES string of the molecule is NC(=O)c1cccc(CN2CCCC2CC(O)c2ccco2)c1. The molecule has 2 atom stereocenters. The largest absolute Gasteiger partial charge is 0.467 e. The number of nitrogens with zero attached hydrogens (tertiary/aromatic N) is 1. The second-order valence-corrected chi connectivity index (χ2v) is 6.10. The standard InChI is InChI=1S/C18H22N2O3/c19-18(22)14-5-1-4-13(10-14)12-20-8-2-6-15(20)11-16(21)17-7-3-9-23-17/h1,3-5,7,9-10,15-16,21H,2,6,8,11-12H2,(H2,19,22). The molecule has 0 saturated carbocycles. The summed E-state index contributed by atoms with van der Waals surface area (Å²) in [5.74, 6) is 0.214. The lowest BCUT2D eigenvalue weighted by Crippen LogP contribution is -2.30. The molecular formula is C18H22N2O3. The monoisotopic (exact) mass is 314 g/mol. The van der Waals surface area contributed by atoms with E-state index in [0.29, 0.717) is 23.8 Å². The van der Waals surface area contributed by atoms with Crippen LogP contribution in [-0.4, -0.2) is 28.5 Å². The van der Waals surface area contributed by atoms with Gasteiger partial charge in [-0.1, -0.05) is 12.1 Å². The van der Waals surface area contributed by atoms with Gasteiger partial charge in [-0.05, 0) is 55.6 Å². The van der Waals surface area contributed by atoms with Crippen molar-refractivity contribution in [2.75, 3.05) is 6.54 Å². The molecule has 5 nitrogen and oxygen atoms in total. The number of benzene rings is 1. The highest BCUT2D eigenvalue weighted by atomic mass is 16.4. The maximum Gasteiger partial charge on any atom is 0.248 e. The molecule has 122 valence electrons. The van der Waals surface area contributed by atoms with Crippen molar-refractivity contribution in [1.29, 1.82) is 0 Å². The van der Waals surface area contributed by atoms with Gasteiger partial charge >= 0.3 is 0 Å². The van der Waals surface area contributed by atoms with Gasteiger partial charge in [0.1, 0.15) is 11.9 Å². The van der Waals surface area contributed by atoms with Crippen molar-refractivity contribution in [3.05, 3.63) is 59.5 Å². The summed E-state index contributed by atoms with van der Waals surface area (Å²) in [6.45, 7) is 1.76. The zero-order chi connectivity index (χ0) is 16.2. The van der Waals surface area contributed by atoms with Gasteiger partial charge in [-0.2, -0.15) is 0 Å². The Morgan fingerprint density at radius 3 is 3.00 bits per heavy atom. The van der Waals surface area contributed by atoms with E-state index in [1.165, 1.54) is 0 Å². The van der Waals surface area contributed by atoms with E-state index in [9.17, 15) is 9.90 Å². The Morgan fingerprint density at radius 2 is 2.26 bits per heavy atom. The molecule has 1 aromatic heterocycles. The summed E-state index contributed by atoms with van der Waals surface area (Å²) in [7, 11) is 0. The fourth-order valence-corrected chi connectivity index (χ4v) is 3.28. The number of carbonyl (C=O) groups is 1. The van der Waals surface area contributed by atoms with Crippen molar-refractivity contribution < 1.29 is 14.3 Å². The summed E-state index contributed by atoms with van der Waals surface area (Å²) in [5.41, 5.74) is 6.95. The molecule has 23 heavy (non-hydrogen) atoms. The first-order valence-electron chi connectivity index (χ1n) is 7.98. The van der Waals surface area contributed by atoms with Gasteiger partial charge in [0.25, 0.3) is 0 Å². The number of hydrogen-bond acceptors (Lipinski definition) is 4. The van der Waals surface area contributed by atoms with Gasteiger partial charge in [0.2, 0.25) is 5.91 Å². The Hall–Kier alpha value is -2.11. The van der Waals surface area contributed by atoms with Crippen LogP contribution in [0.15, 0.2) is 47.1 Å². The van der Waals surface area contributed by atoms with Gasteiger partial charge < -0.3 is 15.3 Å². The van der Waals surface area contributed by atoms with Gasteiger partial charge in [-0.3, -0.25) is 9.69 Å². The first-order valence-corrected chi connectivity index (χ1v) is 7.98. The minimum atomic E-state index is -0.576. The minimum absolute atomic E-state index is 0.312. The fourth-order valence-electron chi connectivity index (χ4n) is 3.28. The third-order valence-electron chi connectivity index (χ3n) is 4.46. The molecule has 1 amide bonds. The number of rotatable bonds is 6. The molecule has 1 fully saturated rings. The van der Waals surface area contributed by atoms with Gasteiger partial charge in [-0.25, -0.2) is 0 Å². The number of carbonyl (C=O) groups excluding carboxylic acids is 1. The summed E-state index contributed by atoms with van der Waals surface area (Å²) in [4.78, 5) is 13.7. The number of amides is 1. The van der Waals surface area contributed by atoms with E-state index in [2.05, 4.69) is 4.90 Å². The lowest BCUT2D eigenvalue weighted by Gasteiger charge is -2.26. The smallest absolute Gasteiger partial charge is 0.248 e. The molecule has 1 aromatic carbocycles. The van der Waals surface area contributed by atoms with Gasteiger partial charge in [0, 0.05) is 18.2 Å².